The molecule has 0 radical (unpaired) electrons. The largest absolute Gasteiger partial charge is 0.378 e. The number of nitrogens with zero attached hydrogens (tertiary/aromatic N) is 3. The molecule has 0 aliphatic carbocycles. The number of allylic oxidation sites excluding steroid dienone is 1. The molecule has 1 aliphatic rings. The lowest BCUT2D eigenvalue weighted by molar-refractivity contribution is 0.122. The van der Waals surface area contributed by atoms with Crippen LogP contribution in [0.25, 0.3) is 17.2 Å². The van der Waals surface area contributed by atoms with Gasteiger partial charge < -0.3 is 15.0 Å². The zero-order chi connectivity index (χ0) is 20.9. The van der Waals surface area contributed by atoms with Crippen molar-refractivity contribution < 1.29 is 13.5 Å². The molecule has 2 heterocycles. The van der Waals surface area contributed by atoms with Gasteiger partial charge in [0.05, 0.1) is 13.2 Å². The molecule has 3 aromatic rings. The molecule has 0 bridgehead atoms. The van der Waals surface area contributed by atoms with Crippen molar-refractivity contribution in [1.29, 1.82) is 0 Å². The summed E-state index contributed by atoms with van der Waals surface area (Å²) in [5.74, 6) is -0.299. The molecular weight excluding hydrogens is 386 g/mol. The molecule has 1 fully saturated rings. The first kappa shape index (κ1) is 20.0. The van der Waals surface area contributed by atoms with Crippen molar-refractivity contribution >= 4 is 23.5 Å². The molecular formula is C23H22F2N4O. The van der Waals surface area contributed by atoms with E-state index in [-0.39, 0.29) is 11.6 Å². The minimum absolute atomic E-state index is 0.253. The Hall–Kier alpha value is -3.32. The zero-order valence-corrected chi connectivity index (χ0v) is 16.6. The van der Waals surface area contributed by atoms with E-state index >= 15 is 0 Å². The topological polar surface area (TPSA) is 50.3 Å². The van der Waals surface area contributed by atoms with Crippen LogP contribution in [0.5, 0.6) is 0 Å². The number of anilines is 3. The predicted molar refractivity (Wildman–Crippen MR) is 115 cm³/mol. The number of benzene rings is 2. The molecule has 1 saturated heterocycles. The second kappa shape index (κ2) is 9.00. The van der Waals surface area contributed by atoms with E-state index in [0.29, 0.717) is 26.3 Å². The third kappa shape index (κ3) is 4.63. The van der Waals surface area contributed by atoms with Crippen LogP contribution in [0.15, 0.2) is 54.7 Å². The Balaban J connectivity index is 1.73. The molecule has 154 valence electrons. The van der Waals surface area contributed by atoms with Crippen molar-refractivity contribution in [3.63, 3.8) is 0 Å². The van der Waals surface area contributed by atoms with Gasteiger partial charge in [0, 0.05) is 36.6 Å². The average molecular weight is 408 g/mol. The van der Waals surface area contributed by atoms with Gasteiger partial charge in [-0.2, -0.15) is 4.98 Å². The Morgan fingerprint density at radius 1 is 1.07 bits per heavy atom. The molecule has 0 unspecified atom stereocenters. The summed E-state index contributed by atoms with van der Waals surface area (Å²) in [6.07, 6.45) is 5.77. The van der Waals surface area contributed by atoms with Gasteiger partial charge >= 0.3 is 0 Å². The summed E-state index contributed by atoms with van der Waals surface area (Å²) in [6, 6.07) is 11.4. The first-order valence-corrected chi connectivity index (χ1v) is 9.78. The van der Waals surface area contributed by atoms with Gasteiger partial charge in [-0.15, -0.1) is 0 Å². The van der Waals surface area contributed by atoms with Crippen LogP contribution in [0, 0.1) is 11.6 Å². The van der Waals surface area contributed by atoms with Crippen molar-refractivity contribution in [3.05, 3.63) is 71.9 Å². The highest BCUT2D eigenvalue weighted by Gasteiger charge is 2.19. The third-order valence-corrected chi connectivity index (χ3v) is 4.75. The quantitative estimate of drug-likeness (QED) is 0.641. The van der Waals surface area contributed by atoms with E-state index in [1.807, 2.05) is 37.3 Å². The van der Waals surface area contributed by atoms with Crippen LogP contribution in [-0.4, -0.2) is 36.3 Å². The van der Waals surface area contributed by atoms with Crippen LogP contribution < -0.4 is 10.2 Å². The van der Waals surface area contributed by atoms with E-state index in [1.165, 1.54) is 12.1 Å². The van der Waals surface area contributed by atoms with E-state index in [1.54, 1.807) is 6.20 Å². The maximum atomic E-state index is 13.5. The lowest BCUT2D eigenvalue weighted by Crippen LogP contribution is -2.37. The summed E-state index contributed by atoms with van der Waals surface area (Å²) in [5, 5.41) is 2.90. The average Bonchev–Trinajstić information content (AvgIpc) is 2.74. The number of ether oxygens (including phenoxy) is 1. The number of hydrogen-bond acceptors (Lipinski definition) is 5. The summed E-state index contributed by atoms with van der Waals surface area (Å²) in [6.45, 7) is 4.60. The number of nitrogens with one attached hydrogen (secondary N) is 1. The first-order valence-electron chi connectivity index (χ1n) is 9.78. The number of hydrogen-bond donors (Lipinski definition) is 1. The van der Waals surface area contributed by atoms with E-state index in [4.69, 9.17) is 4.74 Å². The van der Waals surface area contributed by atoms with Gasteiger partial charge in [-0.25, -0.2) is 13.8 Å². The van der Waals surface area contributed by atoms with Crippen LogP contribution >= 0.6 is 0 Å². The maximum absolute atomic E-state index is 13.5. The van der Waals surface area contributed by atoms with Gasteiger partial charge in [-0.05, 0) is 36.2 Å². The molecule has 2 aromatic carbocycles. The van der Waals surface area contributed by atoms with Crippen molar-refractivity contribution in [2.75, 3.05) is 36.5 Å². The Labute approximate surface area is 174 Å². The van der Waals surface area contributed by atoms with E-state index in [0.717, 1.165) is 28.6 Å². The van der Waals surface area contributed by atoms with E-state index < -0.39 is 11.6 Å². The minimum Gasteiger partial charge on any atom is -0.378 e. The number of halogens is 2. The fourth-order valence-electron chi connectivity index (χ4n) is 3.41. The van der Waals surface area contributed by atoms with Crippen molar-refractivity contribution in [3.8, 4) is 11.1 Å². The van der Waals surface area contributed by atoms with Crippen molar-refractivity contribution in [2.45, 2.75) is 6.92 Å². The second-order valence-electron chi connectivity index (χ2n) is 6.94. The van der Waals surface area contributed by atoms with Gasteiger partial charge in [0.1, 0.15) is 17.5 Å². The normalized spacial score (nSPS) is 14.3. The first-order chi connectivity index (χ1) is 14.6. The van der Waals surface area contributed by atoms with Crippen molar-refractivity contribution in [2.24, 2.45) is 0 Å². The molecule has 7 heteroatoms. The zero-order valence-electron chi connectivity index (χ0n) is 16.6. The lowest BCUT2D eigenvalue weighted by atomic mass is 10.0. The molecule has 0 saturated carbocycles. The summed E-state index contributed by atoms with van der Waals surface area (Å²) >= 11 is 0. The molecule has 1 aromatic heterocycles. The monoisotopic (exact) mass is 408 g/mol. The Morgan fingerprint density at radius 2 is 1.83 bits per heavy atom. The summed E-state index contributed by atoms with van der Waals surface area (Å²) in [4.78, 5) is 11.2. The van der Waals surface area contributed by atoms with Gasteiger partial charge in [0.25, 0.3) is 0 Å². The summed E-state index contributed by atoms with van der Waals surface area (Å²) in [5.41, 5.74) is 3.22. The van der Waals surface area contributed by atoms with Crippen LogP contribution in [0.2, 0.25) is 0 Å². The SMILES string of the molecule is C/C=C/c1cccc(-c2cnc(Nc3cc(F)cc(F)c3)nc2N2CCOCC2)c1. The second-order valence-corrected chi connectivity index (χ2v) is 6.94. The predicted octanol–water partition coefficient (Wildman–Crippen LogP) is 5.04. The molecule has 4 rings (SSSR count). The van der Waals surface area contributed by atoms with Crippen molar-refractivity contribution in [1.82, 2.24) is 9.97 Å². The number of aromatic nitrogens is 2. The Morgan fingerprint density at radius 3 is 2.57 bits per heavy atom. The van der Waals surface area contributed by atoms with E-state index in [9.17, 15) is 8.78 Å². The highest BCUT2D eigenvalue weighted by Crippen LogP contribution is 2.31. The molecule has 30 heavy (non-hydrogen) atoms. The highest BCUT2D eigenvalue weighted by molar-refractivity contribution is 5.78. The maximum Gasteiger partial charge on any atom is 0.229 e. The van der Waals surface area contributed by atoms with Gasteiger partial charge in [0.2, 0.25) is 5.95 Å². The van der Waals surface area contributed by atoms with E-state index in [2.05, 4.69) is 26.3 Å². The number of morpholine rings is 1. The number of rotatable bonds is 5. The van der Waals surface area contributed by atoms with Crippen LogP contribution in [0.3, 0.4) is 0 Å². The molecule has 5 nitrogen and oxygen atoms in total. The summed E-state index contributed by atoms with van der Waals surface area (Å²) in [7, 11) is 0. The smallest absolute Gasteiger partial charge is 0.229 e. The van der Waals surface area contributed by atoms with Crippen LogP contribution in [0.1, 0.15) is 12.5 Å². The third-order valence-electron chi connectivity index (χ3n) is 4.75. The van der Waals surface area contributed by atoms with Gasteiger partial charge in [-0.3, -0.25) is 0 Å². The van der Waals surface area contributed by atoms with Gasteiger partial charge in [0.15, 0.2) is 0 Å². The molecule has 0 atom stereocenters. The Bertz CT molecular complexity index is 1040. The lowest BCUT2D eigenvalue weighted by Gasteiger charge is -2.29. The fourth-order valence-corrected chi connectivity index (χ4v) is 3.41. The standard InChI is InChI=1S/C23H22F2N4O/c1-2-4-16-5-3-6-17(11-16)21-15-26-23(27-20-13-18(24)12-19(25)14-20)28-22(21)29-7-9-30-10-8-29/h2-6,11-15H,7-10H2,1H3,(H,26,27,28)/b4-2+. The molecule has 1 aliphatic heterocycles. The van der Waals surface area contributed by atoms with Crippen LogP contribution in [0.4, 0.5) is 26.2 Å². The molecule has 0 amide bonds. The van der Waals surface area contributed by atoms with Gasteiger partial charge in [-0.1, -0.05) is 30.4 Å². The molecule has 1 N–H and O–H groups in total. The molecule has 0 spiro atoms. The fraction of sp³-hybridized carbons (Fsp3) is 0.217. The Kier molecular flexibility index (Phi) is 5.99. The summed E-state index contributed by atoms with van der Waals surface area (Å²) < 4.78 is 32.6. The highest BCUT2D eigenvalue weighted by atomic mass is 19.1. The minimum atomic E-state index is -0.664. The van der Waals surface area contributed by atoms with Crippen LogP contribution in [-0.2, 0) is 4.74 Å².